The number of imide groups is 1. The molecular weight excluding hydrogens is 406 g/mol. The number of fused-ring (bicyclic) bond motifs is 1. The Labute approximate surface area is 176 Å². The fourth-order valence-corrected chi connectivity index (χ4v) is 3.48. The van der Waals surface area contributed by atoms with E-state index in [0.29, 0.717) is 11.3 Å². The summed E-state index contributed by atoms with van der Waals surface area (Å²) < 4.78 is 5.45. The summed E-state index contributed by atoms with van der Waals surface area (Å²) in [5.41, 5.74) is 1.57. The molecule has 0 saturated heterocycles. The fraction of sp³-hybridized carbons (Fsp3) is 0.0909. The van der Waals surface area contributed by atoms with Gasteiger partial charge in [-0.1, -0.05) is 23.7 Å². The number of aryl methyl sites for hydroxylation is 1. The molecule has 3 aromatic rings. The number of para-hydroxylation sites is 1. The van der Waals surface area contributed by atoms with Crippen molar-refractivity contribution in [1.29, 1.82) is 5.26 Å². The van der Waals surface area contributed by atoms with Gasteiger partial charge in [-0.25, -0.2) is 4.90 Å². The molecule has 0 aliphatic carbocycles. The summed E-state index contributed by atoms with van der Waals surface area (Å²) in [6.45, 7) is 3.41. The van der Waals surface area contributed by atoms with Gasteiger partial charge in [-0.3, -0.25) is 19.7 Å². The summed E-state index contributed by atoms with van der Waals surface area (Å²) in [5, 5.41) is 12.1. The Morgan fingerprint density at radius 1 is 1.10 bits per heavy atom. The number of anilines is 2. The van der Waals surface area contributed by atoms with Crippen molar-refractivity contribution in [2.24, 2.45) is 0 Å². The average Bonchev–Trinajstić information content (AvgIpc) is 3.14. The molecule has 1 aromatic heterocycles. The van der Waals surface area contributed by atoms with Gasteiger partial charge in [0, 0.05) is 11.1 Å². The molecular formula is C22H14ClN3O4. The average molecular weight is 420 g/mol. The zero-order chi connectivity index (χ0) is 21.6. The molecule has 8 heteroatoms. The summed E-state index contributed by atoms with van der Waals surface area (Å²) in [5.74, 6) is -1.09. The van der Waals surface area contributed by atoms with E-state index in [9.17, 15) is 19.6 Å². The van der Waals surface area contributed by atoms with Crippen LogP contribution in [0.3, 0.4) is 0 Å². The van der Waals surface area contributed by atoms with Gasteiger partial charge in [0.1, 0.15) is 17.4 Å². The van der Waals surface area contributed by atoms with Gasteiger partial charge in [0.05, 0.1) is 21.8 Å². The van der Waals surface area contributed by atoms with E-state index >= 15 is 0 Å². The van der Waals surface area contributed by atoms with E-state index in [0.717, 1.165) is 4.90 Å². The molecule has 148 valence electrons. The number of nitrogens with one attached hydrogen (secondary N) is 1. The van der Waals surface area contributed by atoms with Crippen LogP contribution in [0.15, 0.2) is 46.9 Å². The molecule has 0 bridgehead atoms. The molecule has 2 aromatic carbocycles. The first-order valence-corrected chi connectivity index (χ1v) is 9.30. The first kappa shape index (κ1) is 19.4. The summed E-state index contributed by atoms with van der Waals surface area (Å²) in [6, 6.07) is 12.7. The standard InChI is InChI=1S/C22H14ClN3O4/c1-11-12(2)30-20(16(11)10-24)25-19(27)13-7-8-14-15(9-13)22(29)26(21(14)28)18-6-4-3-5-17(18)23/h3-9H,1-2H3,(H,25,27). The van der Waals surface area contributed by atoms with Crippen LogP contribution in [0.2, 0.25) is 5.02 Å². The molecule has 3 amide bonds. The lowest BCUT2D eigenvalue weighted by Crippen LogP contribution is -2.29. The number of nitrogens with zero attached hydrogens (tertiary/aromatic N) is 2. The van der Waals surface area contributed by atoms with Gasteiger partial charge in [0.25, 0.3) is 17.7 Å². The van der Waals surface area contributed by atoms with E-state index in [-0.39, 0.29) is 38.8 Å². The van der Waals surface area contributed by atoms with Crippen LogP contribution < -0.4 is 10.2 Å². The number of halogens is 1. The number of amides is 3. The van der Waals surface area contributed by atoms with Crippen molar-refractivity contribution in [3.05, 3.63) is 81.1 Å². The molecule has 1 aliphatic heterocycles. The monoisotopic (exact) mass is 419 g/mol. The minimum atomic E-state index is -0.570. The normalized spacial score (nSPS) is 12.7. The highest BCUT2D eigenvalue weighted by atomic mass is 35.5. The first-order valence-electron chi connectivity index (χ1n) is 8.92. The van der Waals surface area contributed by atoms with Gasteiger partial charge >= 0.3 is 0 Å². The van der Waals surface area contributed by atoms with Crippen molar-refractivity contribution in [1.82, 2.24) is 0 Å². The van der Waals surface area contributed by atoms with E-state index < -0.39 is 17.7 Å². The highest BCUT2D eigenvalue weighted by Gasteiger charge is 2.38. The van der Waals surface area contributed by atoms with Gasteiger partial charge in [0.2, 0.25) is 5.88 Å². The quantitative estimate of drug-likeness (QED) is 0.630. The number of carbonyl (C=O) groups excluding carboxylic acids is 3. The van der Waals surface area contributed by atoms with Crippen molar-refractivity contribution in [3.8, 4) is 6.07 Å². The van der Waals surface area contributed by atoms with Crippen LogP contribution in [0.5, 0.6) is 0 Å². The van der Waals surface area contributed by atoms with E-state index in [1.807, 2.05) is 6.07 Å². The second-order valence-electron chi connectivity index (χ2n) is 6.71. The van der Waals surface area contributed by atoms with Crippen molar-refractivity contribution in [3.63, 3.8) is 0 Å². The van der Waals surface area contributed by atoms with E-state index in [1.54, 1.807) is 38.1 Å². The molecule has 0 unspecified atom stereocenters. The van der Waals surface area contributed by atoms with Gasteiger partial charge in [0.15, 0.2) is 0 Å². The minimum Gasteiger partial charge on any atom is -0.444 e. The second kappa shape index (κ2) is 7.17. The number of carbonyl (C=O) groups is 3. The molecule has 2 heterocycles. The van der Waals surface area contributed by atoms with Crippen LogP contribution >= 0.6 is 11.6 Å². The maximum absolute atomic E-state index is 12.9. The maximum Gasteiger partial charge on any atom is 0.266 e. The van der Waals surface area contributed by atoms with E-state index in [4.69, 9.17) is 16.0 Å². The lowest BCUT2D eigenvalue weighted by molar-refractivity contribution is 0.0925. The van der Waals surface area contributed by atoms with Crippen molar-refractivity contribution in [2.75, 3.05) is 10.2 Å². The lowest BCUT2D eigenvalue weighted by atomic mass is 10.1. The number of nitriles is 1. The van der Waals surface area contributed by atoms with E-state index in [1.165, 1.54) is 18.2 Å². The zero-order valence-corrected chi connectivity index (χ0v) is 16.7. The van der Waals surface area contributed by atoms with Crippen LogP contribution in [-0.4, -0.2) is 17.7 Å². The predicted molar refractivity (Wildman–Crippen MR) is 110 cm³/mol. The van der Waals surface area contributed by atoms with Crippen LogP contribution in [-0.2, 0) is 0 Å². The van der Waals surface area contributed by atoms with Crippen molar-refractivity contribution >= 4 is 40.9 Å². The molecule has 30 heavy (non-hydrogen) atoms. The fourth-order valence-electron chi connectivity index (χ4n) is 3.26. The van der Waals surface area contributed by atoms with Gasteiger partial charge < -0.3 is 4.42 Å². The summed E-state index contributed by atoms with van der Waals surface area (Å²) >= 11 is 6.15. The number of furan rings is 1. The van der Waals surface area contributed by atoms with E-state index in [2.05, 4.69) is 5.32 Å². The van der Waals surface area contributed by atoms with Crippen molar-refractivity contribution in [2.45, 2.75) is 13.8 Å². The van der Waals surface area contributed by atoms with Crippen LogP contribution in [0.1, 0.15) is 48.0 Å². The number of rotatable bonds is 3. The predicted octanol–water partition coefficient (Wildman–Crippen LogP) is 4.47. The van der Waals surface area contributed by atoms with Crippen LogP contribution in [0.25, 0.3) is 0 Å². The summed E-state index contributed by atoms with van der Waals surface area (Å²) in [6.07, 6.45) is 0. The molecule has 0 radical (unpaired) electrons. The third kappa shape index (κ3) is 2.95. The molecule has 4 rings (SSSR count). The van der Waals surface area contributed by atoms with Gasteiger partial charge in [-0.05, 0) is 44.2 Å². The van der Waals surface area contributed by atoms with Crippen LogP contribution in [0.4, 0.5) is 11.6 Å². The summed E-state index contributed by atoms with van der Waals surface area (Å²) in [7, 11) is 0. The number of benzene rings is 2. The molecule has 0 saturated carbocycles. The van der Waals surface area contributed by atoms with Gasteiger partial charge in [-0.2, -0.15) is 5.26 Å². The molecule has 0 fully saturated rings. The SMILES string of the molecule is Cc1oc(NC(=O)c2ccc3c(c2)C(=O)N(c2ccccc2Cl)C3=O)c(C#N)c1C. The number of hydrogen-bond donors (Lipinski definition) is 1. The summed E-state index contributed by atoms with van der Waals surface area (Å²) in [4.78, 5) is 39.3. The Balaban J connectivity index is 1.67. The van der Waals surface area contributed by atoms with Crippen LogP contribution in [0, 0.1) is 25.2 Å². The Morgan fingerprint density at radius 3 is 2.50 bits per heavy atom. The third-order valence-corrected chi connectivity index (χ3v) is 5.29. The highest BCUT2D eigenvalue weighted by Crippen LogP contribution is 2.33. The topological polar surface area (TPSA) is 103 Å². The zero-order valence-electron chi connectivity index (χ0n) is 15.9. The maximum atomic E-state index is 12.9. The largest absolute Gasteiger partial charge is 0.444 e. The third-order valence-electron chi connectivity index (χ3n) is 4.97. The Morgan fingerprint density at radius 2 is 1.80 bits per heavy atom. The lowest BCUT2D eigenvalue weighted by Gasteiger charge is -2.15. The number of hydrogen-bond acceptors (Lipinski definition) is 5. The van der Waals surface area contributed by atoms with Crippen molar-refractivity contribution < 1.29 is 18.8 Å². The second-order valence-corrected chi connectivity index (χ2v) is 7.12. The minimum absolute atomic E-state index is 0.0399. The smallest absolute Gasteiger partial charge is 0.266 e. The molecule has 0 spiro atoms. The Kier molecular flexibility index (Phi) is 4.65. The van der Waals surface area contributed by atoms with Gasteiger partial charge in [-0.15, -0.1) is 0 Å². The molecule has 7 nitrogen and oxygen atoms in total. The molecule has 1 aliphatic rings. The Bertz CT molecular complexity index is 1290. The molecule has 0 atom stereocenters. The highest BCUT2D eigenvalue weighted by molar-refractivity contribution is 6.40. The molecule has 1 N–H and O–H groups in total. The first-order chi connectivity index (χ1) is 14.3. The Hall–Kier alpha value is -3.89.